The molecule has 0 atom stereocenters. The minimum atomic E-state index is -3.87. The zero-order valence-electron chi connectivity index (χ0n) is 13.8. The first-order chi connectivity index (χ1) is 11.8. The smallest absolute Gasteiger partial charge is 0.243 e. The molecule has 134 valence electrons. The van der Waals surface area contributed by atoms with E-state index in [0.29, 0.717) is 13.1 Å². The number of hydrogen-bond donors (Lipinski definition) is 0. The molecule has 0 unspecified atom stereocenters. The Bertz CT molecular complexity index is 818. The molecule has 0 saturated carbocycles. The number of benzene rings is 1. The van der Waals surface area contributed by atoms with E-state index in [1.54, 1.807) is 6.08 Å². The number of likely N-dealkylation sites (N-methyl/N-ethyl adjacent to an activating group) is 1. The SMILES string of the molecule is C=CCN(Cc1cccs1)C(=O)CN(C)S(=O)(=O)c1ccc(F)cc1. The van der Waals surface area contributed by atoms with Gasteiger partial charge in [0.05, 0.1) is 18.0 Å². The molecule has 0 fully saturated rings. The van der Waals surface area contributed by atoms with Gasteiger partial charge in [-0.05, 0) is 35.7 Å². The van der Waals surface area contributed by atoms with Crippen LogP contribution in [0.2, 0.25) is 0 Å². The second-order valence-corrected chi connectivity index (χ2v) is 8.43. The molecule has 1 aromatic heterocycles. The Hall–Kier alpha value is -2.03. The Morgan fingerprint density at radius 2 is 1.96 bits per heavy atom. The zero-order valence-corrected chi connectivity index (χ0v) is 15.4. The molecule has 1 aromatic carbocycles. The van der Waals surface area contributed by atoms with E-state index < -0.39 is 15.8 Å². The summed E-state index contributed by atoms with van der Waals surface area (Å²) in [6.45, 7) is 4.05. The molecule has 0 saturated heterocycles. The quantitative estimate of drug-likeness (QED) is 0.660. The highest BCUT2D eigenvalue weighted by Crippen LogP contribution is 2.16. The van der Waals surface area contributed by atoms with Gasteiger partial charge in [0.15, 0.2) is 0 Å². The topological polar surface area (TPSA) is 57.7 Å². The molecule has 0 aliphatic carbocycles. The number of hydrogen-bond acceptors (Lipinski definition) is 4. The summed E-state index contributed by atoms with van der Waals surface area (Å²) in [6.07, 6.45) is 1.60. The third-order valence-corrected chi connectivity index (χ3v) is 6.19. The summed E-state index contributed by atoms with van der Waals surface area (Å²) in [5.74, 6) is -0.854. The molecule has 1 amide bonds. The van der Waals surface area contributed by atoms with Crippen LogP contribution in [0.4, 0.5) is 4.39 Å². The van der Waals surface area contributed by atoms with E-state index in [0.717, 1.165) is 21.3 Å². The normalized spacial score (nSPS) is 11.5. The van der Waals surface area contributed by atoms with E-state index >= 15 is 0 Å². The Morgan fingerprint density at radius 1 is 1.28 bits per heavy atom. The highest BCUT2D eigenvalue weighted by molar-refractivity contribution is 7.89. The number of sulfonamides is 1. The lowest BCUT2D eigenvalue weighted by atomic mass is 10.3. The minimum Gasteiger partial charge on any atom is -0.333 e. The van der Waals surface area contributed by atoms with Crippen LogP contribution in [0.3, 0.4) is 0 Å². The van der Waals surface area contributed by atoms with Gasteiger partial charge < -0.3 is 4.90 Å². The van der Waals surface area contributed by atoms with Crippen LogP contribution < -0.4 is 0 Å². The fraction of sp³-hybridized carbons (Fsp3) is 0.235. The molecule has 0 bridgehead atoms. The summed E-state index contributed by atoms with van der Waals surface area (Å²) in [6, 6.07) is 8.30. The second-order valence-electron chi connectivity index (χ2n) is 5.36. The van der Waals surface area contributed by atoms with Gasteiger partial charge >= 0.3 is 0 Å². The van der Waals surface area contributed by atoms with Gasteiger partial charge in [-0.25, -0.2) is 12.8 Å². The number of amides is 1. The summed E-state index contributed by atoms with van der Waals surface area (Å²) in [4.78, 5) is 15.0. The summed E-state index contributed by atoms with van der Waals surface area (Å²) in [5.41, 5.74) is 0. The average Bonchev–Trinajstić information content (AvgIpc) is 3.07. The van der Waals surface area contributed by atoms with Crippen molar-refractivity contribution in [1.29, 1.82) is 0 Å². The molecule has 2 rings (SSSR count). The molecule has 0 aliphatic rings. The summed E-state index contributed by atoms with van der Waals surface area (Å²) < 4.78 is 38.9. The van der Waals surface area contributed by atoms with E-state index in [9.17, 15) is 17.6 Å². The first kappa shape index (κ1) is 19.3. The van der Waals surface area contributed by atoms with Crippen molar-refractivity contribution in [1.82, 2.24) is 9.21 Å². The Kier molecular flexibility index (Phi) is 6.46. The molecule has 2 aromatic rings. The maximum atomic E-state index is 13.0. The van der Waals surface area contributed by atoms with Gasteiger partial charge in [-0.1, -0.05) is 12.1 Å². The highest BCUT2D eigenvalue weighted by atomic mass is 32.2. The molecule has 0 spiro atoms. The number of thiophene rings is 1. The molecule has 5 nitrogen and oxygen atoms in total. The van der Waals surface area contributed by atoms with Gasteiger partial charge in [0, 0.05) is 18.5 Å². The lowest BCUT2D eigenvalue weighted by molar-refractivity contribution is -0.131. The van der Waals surface area contributed by atoms with Gasteiger partial charge in [-0.3, -0.25) is 4.79 Å². The average molecular weight is 382 g/mol. The van der Waals surface area contributed by atoms with E-state index in [1.165, 1.54) is 35.4 Å². The first-order valence-corrected chi connectivity index (χ1v) is 9.79. The maximum absolute atomic E-state index is 13.0. The predicted octanol–water partition coefficient (Wildman–Crippen LogP) is 2.72. The largest absolute Gasteiger partial charge is 0.333 e. The lowest BCUT2D eigenvalue weighted by Gasteiger charge is -2.24. The molecular formula is C17H19FN2O3S2. The Labute approximate surface area is 151 Å². The lowest BCUT2D eigenvalue weighted by Crippen LogP contribution is -2.40. The predicted molar refractivity (Wildman–Crippen MR) is 96.1 cm³/mol. The van der Waals surface area contributed by atoms with Crippen LogP contribution in [0.1, 0.15) is 4.88 Å². The molecule has 25 heavy (non-hydrogen) atoms. The fourth-order valence-electron chi connectivity index (χ4n) is 2.16. The molecule has 0 radical (unpaired) electrons. The van der Waals surface area contributed by atoms with E-state index in [1.807, 2.05) is 17.5 Å². The van der Waals surface area contributed by atoms with Gasteiger partial charge in [0.25, 0.3) is 0 Å². The number of carbonyl (C=O) groups excluding carboxylic acids is 1. The fourth-order valence-corrected chi connectivity index (χ4v) is 4.00. The minimum absolute atomic E-state index is 0.0577. The first-order valence-electron chi connectivity index (χ1n) is 7.47. The molecule has 8 heteroatoms. The molecule has 0 N–H and O–H groups in total. The van der Waals surface area contributed by atoms with E-state index in [-0.39, 0.29) is 17.3 Å². The van der Waals surface area contributed by atoms with Crippen molar-refractivity contribution in [3.63, 3.8) is 0 Å². The van der Waals surface area contributed by atoms with Gasteiger partial charge in [-0.2, -0.15) is 4.31 Å². The number of rotatable bonds is 8. The van der Waals surface area contributed by atoms with Crippen LogP contribution in [0, 0.1) is 5.82 Å². The third kappa shape index (κ3) is 4.97. The summed E-state index contributed by atoms with van der Waals surface area (Å²) in [5, 5.41) is 1.91. The van der Waals surface area contributed by atoms with E-state index in [4.69, 9.17) is 0 Å². The van der Waals surface area contributed by atoms with Crippen molar-refractivity contribution in [3.8, 4) is 0 Å². The maximum Gasteiger partial charge on any atom is 0.243 e. The molecule has 0 aliphatic heterocycles. The monoisotopic (exact) mass is 382 g/mol. The highest BCUT2D eigenvalue weighted by Gasteiger charge is 2.25. The zero-order chi connectivity index (χ0) is 18.4. The van der Waals surface area contributed by atoms with Crippen molar-refractivity contribution in [3.05, 3.63) is 65.1 Å². The van der Waals surface area contributed by atoms with Gasteiger partial charge in [-0.15, -0.1) is 17.9 Å². The van der Waals surface area contributed by atoms with Crippen LogP contribution >= 0.6 is 11.3 Å². The van der Waals surface area contributed by atoms with E-state index in [2.05, 4.69) is 6.58 Å². The van der Waals surface area contributed by atoms with Crippen LogP contribution in [-0.2, 0) is 21.4 Å². The van der Waals surface area contributed by atoms with Crippen LogP contribution in [-0.4, -0.2) is 43.7 Å². The van der Waals surface area contributed by atoms with Crippen LogP contribution in [0.15, 0.2) is 59.3 Å². The van der Waals surface area contributed by atoms with Crippen molar-refractivity contribution < 1.29 is 17.6 Å². The standard InChI is InChI=1S/C17H19FN2O3S2/c1-3-10-20(12-15-5-4-11-24-15)17(21)13-19(2)25(22,23)16-8-6-14(18)7-9-16/h3-9,11H,1,10,12-13H2,2H3. The van der Waals surface area contributed by atoms with Crippen LogP contribution in [0.25, 0.3) is 0 Å². The van der Waals surface area contributed by atoms with Crippen molar-refractivity contribution in [2.75, 3.05) is 20.1 Å². The molecule has 1 heterocycles. The Balaban J connectivity index is 2.10. The van der Waals surface area contributed by atoms with Crippen molar-refractivity contribution in [2.24, 2.45) is 0 Å². The summed E-state index contributed by atoms with van der Waals surface area (Å²) >= 11 is 1.52. The van der Waals surface area contributed by atoms with Gasteiger partial charge in [0.2, 0.25) is 15.9 Å². The number of halogens is 1. The Morgan fingerprint density at radius 3 is 2.52 bits per heavy atom. The van der Waals surface area contributed by atoms with Crippen LogP contribution in [0.5, 0.6) is 0 Å². The molecular weight excluding hydrogens is 363 g/mol. The van der Waals surface area contributed by atoms with Crippen molar-refractivity contribution in [2.45, 2.75) is 11.4 Å². The van der Waals surface area contributed by atoms with Gasteiger partial charge in [0.1, 0.15) is 5.82 Å². The summed E-state index contributed by atoms with van der Waals surface area (Å²) in [7, 11) is -2.54. The second kappa shape index (κ2) is 8.37. The van der Waals surface area contributed by atoms with Crippen molar-refractivity contribution >= 4 is 27.3 Å². The third-order valence-electron chi connectivity index (χ3n) is 3.51. The number of nitrogens with zero attached hydrogens (tertiary/aromatic N) is 2. The number of carbonyl (C=O) groups is 1.